The summed E-state index contributed by atoms with van der Waals surface area (Å²) in [5.41, 5.74) is 0. The molecule has 94 valence electrons. The van der Waals surface area contributed by atoms with Crippen LogP contribution in [-0.2, 0) is 0 Å². The van der Waals surface area contributed by atoms with Crippen molar-refractivity contribution in [2.45, 2.75) is 58.5 Å². The van der Waals surface area contributed by atoms with E-state index in [9.17, 15) is 0 Å². The largest absolute Gasteiger partial charge is 0.311 e. The number of piperazine rings is 1. The van der Waals surface area contributed by atoms with E-state index >= 15 is 0 Å². The van der Waals surface area contributed by atoms with Gasteiger partial charge in [-0.25, -0.2) is 0 Å². The second-order valence-electron chi connectivity index (χ2n) is 6.05. The molecule has 2 rings (SSSR count). The summed E-state index contributed by atoms with van der Waals surface area (Å²) in [6.07, 6.45) is 5.70. The molecule has 2 atom stereocenters. The molecule has 0 spiro atoms. The maximum Gasteiger partial charge on any atom is 0.0244 e. The normalized spacial score (nSPS) is 32.2. The van der Waals surface area contributed by atoms with Crippen molar-refractivity contribution in [2.75, 3.05) is 19.6 Å². The molecule has 0 aromatic heterocycles. The van der Waals surface area contributed by atoms with Crippen LogP contribution in [0.2, 0.25) is 0 Å². The zero-order valence-corrected chi connectivity index (χ0v) is 11.2. The minimum Gasteiger partial charge on any atom is -0.311 e. The fraction of sp³-hybridized carbons (Fsp3) is 1.00. The molecule has 0 radical (unpaired) electrons. The first-order valence-electron chi connectivity index (χ1n) is 7.18. The van der Waals surface area contributed by atoms with E-state index in [1.54, 1.807) is 0 Å². The highest BCUT2D eigenvalue weighted by Crippen LogP contribution is 2.33. The lowest BCUT2D eigenvalue weighted by Crippen LogP contribution is -2.58. The fourth-order valence-corrected chi connectivity index (χ4v) is 2.84. The highest BCUT2D eigenvalue weighted by molar-refractivity contribution is 4.88. The van der Waals surface area contributed by atoms with E-state index in [0.29, 0.717) is 0 Å². The lowest BCUT2D eigenvalue weighted by molar-refractivity contribution is 0.0944. The van der Waals surface area contributed by atoms with E-state index in [-0.39, 0.29) is 0 Å². The molecule has 2 heteroatoms. The first-order chi connectivity index (χ1) is 7.70. The Morgan fingerprint density at radius 2 is 2.06 bits per heavy atom. The van der Waals surface area contributed by atoms with Gasteiger partial charge in [0, 0.05) is 25.2 Å². The van der Waals surface area contributed by atoms with E-state index in [1.807, 2.05) is 0 Å². The Morgan fingerprint density at radius 1 is 1.31 bits per heavy atom. The number of hydrogen-bond donors (Lipinski definition) is 1. The van der Waals surface area contributed by atoms with Crippen LogP contribution in [0.3, 0.4) is 0 Å². The zero-order valence-electron chi connectivity index (χ0n) is 11.2. The molecule has 0 aromatic rings. The van der Waals surface area contributed by atoms with Crippen LogP contribution < -0.4 is 5.32 Å². The molecule has 1 saturated carbocycles. The molecule has 2 nitrogen and oxygen atoms in total. The van der Waals surface area contributed by atoms with E-state index in [1.165, 1.54) is 45.3 Å². The van der Waals surface area contributed by atoms with Crippen LogP contribution in [0.5, 0.6) is 0 Å². The number of nitrogens with one attached hydrogen (secondary N) is 1. The summed E-state index contributed by atoms with van der Waals surface area (Å²) in [6.45, 7) is 10.8. The van der Waals surface area contributed by atoms with Gasteiger partial charge >= 0.3 is 0 Å². The first-order valence-corrected chi connectivity index (χ1v) is 7.18. The molecule has 0 aromatic carbocycles. The summed E-state index contributed by atoms with van der Waals surface area (Å²) in [5.74, 6) is 1.85. The monoisotopic (exact) mass is 224 g/mol. The predicted octanol–water partition coefficient (Wildman–Crippen LogP) is 2.49. The van der Waals surface area contributed by atoms with Gasteiger partial charge in [0.2, 0.25) is 0 Å². The second kappa shape index (κ2) is 5.50. The van der Waals surface area contributed by atoms with Gasteiger partial charge in [0.25, 0.3) is 0 Å². The highest BCUT2D eigenvalue weighted by Gasteiger charge is 2.30. The quantitative estimate of drug-likeness (QED) is 0.772. The van der Waals surface area contributed by atoms with Crippen molar-refractivity contribution in [2.24, 2.45) is 11.8 Å². The maximum atomic E-state index is 3.69. The van der Waals surface area contributed by atoms with E-state index in [4.69, 9.17) is 0 Å². The van der Waals surface area contributed by atoms with Crippen LogP contribution >= 0.6 is 0 Å². The second-order valence-corrected chi connectivity index (χ2v) is 6.05. The Morgan fingerprint density at radius 3 is 2.62 bits per heavy atom. The van der Waals surface area contributed by atoms with Crippen LogP contribution in [0, 0.1) is 11.8 Å². The van der Waals surface area contributed by atoms with Crippen LogP contribution in [0.25, 0.3) is 0 Å². The lowest BCUT2D eigenvalue weighted by atomic mass is 9.97. The molecule has 1 aliphatic carbocycles. The summed E-state index contributed by atoms with van der Waals surface area (Å²) in [4.78, 5) is 2.76. The molecular weight excluding hydrogens is 196 g/mol. The van der Waals surface area contributed by atoms with Crippen LogP contribution in [-0.4, -0.2) is 36.6 Å². The average molecular weight is 224 g/mol. The molecule has 0 bridgehead atoms. The predicted molar refractivity (Wildman–Crippen MR) is 69.6 cm³/mol. The topological polar surface area (TPSA) is 15.3 Å². The van der Waals surface area contributed by atoms with E-state index in [2.05, 4.69) is 31.0 Å². The molecule has 1 aliphatic heterocycles. The summed E-state index contributed by atoms with van der Waals surface area (Å²) in [7, 11) is 0. The molecule has 16 heavy (non-hydrogen) atoms. The number of rotatable bonds is 5. The van der Waals surface area contributed by atoms with Gasteiger partial charge in [0.05, 0.1) is 0 Å². The van der Waals surface area contributed by atoms with Crippen molar-refractivity contribution < 1.29 is 0 Å². The molecule has 2 unspecified atom stereocenters. The van der Waals surface area contributed by atoms with Crippen LogP contribution in [0.4, 0.5) is 0 Å². The van der Waals surface area contributed by atoms with Gasteiger partial charge in [-0.05, 0) is 31.2 Å². The Kier molecular flexibility index (Phi) is 4.26. The van der Waals surface area contributed by atoms with Gasteiger partial charge < -0.3 is 5.32 Å². The van der Waals surface area contributed by atoms with E-state index in [0.717, 1.165) is 23.9 Å². The third-order valence-electron chi connectivity index (χ3n) is 4.32. The van der Waals surface area contributed by atoms with E-state index < -0.39 is 0 Å². The van der Waals surface area contributed by atoms with Gasteiger partial charge in [-0.3, -0.25) is 4.90 Å². The van der Waals surface area contributed by atoms with Crippen molar-refractivity contribution >= 4 is 0 Å². The minimum absolute atomic E-state index is 0.731. The fourth-order valence-electron chi connectivity index (χ4n) is 2.84. The molecule has 0 amide bonds. The summed E-state index contributed by atoms with van der Waals surface area (Å²) in [5, 5.41) is 3.69. The van der Waals surface area contributed by atoms with Gasteiger partial charge in [-0.1, -0.05) is 33.6 Å². The minimum atomic E-state index is 0.731. The maximum absolute atomic E-state index is 3.69. The van der Waals surface area contributed by atoms with Gasteiger partial charge in [-0.2, -0.15) is 0 Å². The van der Waals surface area contributed by atoms with Crippen molar-refractivity contribution in [1.29, 1.82) is 0 Å². The third-order valence-corrected chi connectivity index (χ3v) is 4.32. The van der Waals surface area contributed by atoms with Crippen molar-refractivity contribution in [1.82, 2.24) is 10.2 Å². The summed E-state index contributed by atoms with van der Waals surface area (Å²) >= 11 is 0. The SMILES string of the molecule is CCC1CN(CCC2CC2)C(C(C)C)CN1. The van der Waals surface area contributed by atoms with Crippen molar-refractivity contribution in [3.63, 3.8) is 0 Å². The van der Waals surface area contributed by atoms with Gasteiger partial charge in [-0.15, -0.1) is 0 Å². The smallest absolute Gasteiger partial charge is 0.0244 e. The average Bonchev–Trinajstić information content (AvgIpc) is 3.09. The molecule has 2 fully saturated rings. The Balaban J connectivity index is 1.85. The van der Waals surface area contributed by atoms with Crippen LogP contribution in [0.15, 0.2) is 0 Å². The summed E-state index contributed by atoms with van der Waals surface area (Å²) < 4.78 is 0. The van der Waals surface area contributed by atoms with Crippen molar-refractivity contribution in [3.05, 3.63) is 0 Å². The number of nitrogens with zero attached hydrogens (tertiary/aromatic N) is 1. The Bertz CT molecular complexity index is 211. The standard InChI is InChI=1S/C14H28N2/c1-4-13-10-16(8-7-12-5-6-12)14(9-15-13)11(2)3/h11-15H,4-10H2,1-3H3. The molecule has 1 saturated heterocycles. The van der Waals surface area contributed by atoms with Gasteiger partial charge in [0.15, 0.2) is 0 Å². The lowest BCUT2D eigenvalue weighted by Gasteiger charge is -2.42. The molecule has 1 N–H and O–H groups in total. The molecular formula is C14H28N2. The Labute approximate surface area is 101 Å². The Hall–Kier alpha value is -0.0800. The zero-order chi connectivity index (χ0) is 11.5. The first kappa shape index (κ1) is 12.4. The third kappa shape index (κ3) is 3.21. The number of hydrogen-bond acceptors (Lipinski definition) is 2. The van der Waals surface area contributed by atoms with Crippen molar-refractivity contribution in [3.8, 4) is 0 Å². The summed E-state index contributed by atoms with van der Waals surface area (Å²) in [6, 6.07) is 1.50. The van der Waals surface area contributed by atoms with Crippen LogP contribution in [0.1, 0.15) is 46.5 Å². The highest BCUT2D eigenvalue weighted by atomic mass is 15.2. The molecule has 2 aliphatic rings. The van der Waals surface area contributed by atoms with Gasteiger partial charge in [0.1, 0.15) is 0 Å². The molecule has 1 heterocycles.